The number of hydrogen-bond donors (Lipinski definition) is 23. The van der Waals surface area contributed by atoms with Gasteiger partial charge in [0.05, 0.1) is 63.4 Å². The molecule has 5 aromatic rings. The van der Waals surface area contributed by atoms with Gasteiger partial charge in [0.2, 0.25) is 88.6 Å². The van der Waals surface area contributed by atoms with E-state index < -0.39 is 224 Å². The number of hydrogen-bond acceptors (Lipinski definition) is 25. The summed E-state index contributed by atoms with van der Waals surface area (Å²) in [6.45, 7) is 0.0846. The van der Waals surface area contributed by atoms with Crippen LogP contribution in [0.15, 0.2) is 85.8 Å². The molecule has 8 rings (SSSR count). The Hall–Kier alpha value is -14.0. The number of para-hydroxylation sites is 1. The number of ether oxygens (including phenoxy) is 2. The van der Waals surface area contributed by atoms with Gasteiger partial charge >= 0.3 is 17.9 Å². The number of nitrogens with one attached hydrogen (secondary N) is 17. The molecular formula is C86H123N25O23. The normalized spacial score (nSPS) is 19.8. The summed E-state index contributed by atoms with van der Waals surface area (Å²) in [6.07, 6.45) is 3.89. The maximum atomic E-state index is 15.7. The first kappa shape index (κ1) is 105. The van der Waals surface area contributed by atoms with E-state index in [4.69, 9.17) is 32.1 Å². The number of carbonyl (C=O) groups is 18. The number of benzene rings is 2. The summed E-state index contributed by atoms with van der Waals surface area (Å²) in [5.41, 5.74) is 19.0. The number of H-pyrrole nitrogens is 3. The second-order valence-corrected chi connectivity index (χ2v) is 32.8. The lowest BCUT2D eigenvalue weighted by Gasteiger charge is -2.33. The topological polar surface area (TPSA) is 728 Å². The zero-order valence-electron chi connectivity index (χ0n) is 74.5. The van der Waals surface area contributed by atoms with Crippen LogP contribution in [0.5, 0.6) is 0 Å². The number of carbonyl (C=O) groups excluding carboxylic acids is 15. The van der Waals surface area contributed by atoms with Crippen LogP contribution in [0.25, 0.3) is 10.9 Å². The molecule has 2 aromatic carbocycles. The third-order valence-electron chi connectivity index (χ3n) is 22.4. The standard InChI is InChI=1S/C86H123N25O23/c1-50(112)99-58-21-11-29-93-69(113)41-66(108-80(127)63(38-52-42-96-56-18-6-5-17-55(52)56)105-77(124)60(22-12-30-95-86(89)90)102-79(126)62(37-51-15-3-2-4-16-51)104-82(129)64(106-75(58)122)39-53-43-91-48-97-53)84(131)111-33-14-24-68(111)85(132)110-32-13-23-67(110)83(130)107-65(40-54-44-92-49-98-54)81(128)103-61(25-26-71(115)116)78(125)101-59(20-8-10-31-109(45-72(117)118)46-73(119)120)76(123)100-57(74(88)121)19-7-9-28-94-70(114)47-134-36-35-133-34-27-87/h2-6,15-18,42-44,48-49,57-68,96H,7-14,19-41,45-47,87H2,1H3,(H2,88,121)(H,91,97)(H,92,98)(H,93,113)(H,94,114)(H,99,112)(H,100,123)(H,101,125)(H,102,126)(H,103,128)(H,104,129)(H,105,124)(H,106,122)(H,107,130)(H,108,127)(H,115,116)(H,117,118)(H,119,120)(H4,89,90,95)/t57-,58-,59-,60-,61-,62+,63-,64-,65-,66-,67-,68-/m0/s1. The summed E-state index contributed by atoms with van der Waals surface area (Å²) >= 11 is 0. The first-order valence-electron chi connectivity index (χ1n) is 44.5. The molecule has 3 aliphatic rings. The van der Waals surface area contributed by atoms with Gasteiger partial charge in [-0.1, -0.05) is 48.5 Å². The maximum Gasteiger partial charge on any atom is 0.317 e. The fraction of sp³-hybridized carbons (Fsp3) is 0.547. The predicted octanol–water partition coefficient (Wildman–Crippen LogP) is -5.43. The summed E-state index contributed by atoms with van der Waals surface area (Å²) in [5, 5.41) is 72.0. The Morgan fingerprint density at radius 3 is 1.80 bits per heavy atom. The molecule has 0 bridgehead atoms. The van der Waals surface area contributed by atoms with Crippen LogP contribution in [-0.4, -0.2) is 325 Å². The number of nitrogens with two attached hydrogens (primary N) is 3. The van der Waals surface area contributed by atoms with Gasteiger partial charge < -0.3 is 136 Å². The number of imidazole rings is 2. The van der Waals surface area contributed by atoms with E-state index in [-0.39, 0.29) is 174 Å². The molecule has 0 saturated carbocycles. The van der Waals surface area contributed by atoms with E-state index in [0.29, 0.717) is 40.9 Å². The van der Waals surface area contributed by atoms with Crippen LogP contribution >= 0.6 is 0 Å². The van der Waals surface area contributed by atoms with Gasteiger partial charge in [-0.3, -0.25) is 96.6 Å². The zero-order chi connectivity index (χ0) is 97.2. The number of aromatic amines is 3. The number of rotatable bonds is 48. The number of primary amides is 1. The Bertz CT molecular complexity index is 4810. The number of amides is 15. The monoisotopic (exact) mass is 1870 g/mol. The van der Waals surface area contributed by atoms with E-state index in [1.54, 1.807) is 60.8 Å². The molecule has 3 saturated heterocycles. The van der Waals surface area contributed by atoms with Crippen LogP contribution in [0.3, 0.4) is 0 Å². The van der Waals surface area contributed by atoms with Crippen molar-refractivity contribution in [3.05, 3.63) is 108 Å². The minimum Gasteiger partial charge on any atom is -0.481 e. The number of aliphatic carboxylic acids is 3. The van der Waals surface area contributed by atoms with E-state index in [0.717, 1.165) is 16.7 Å². The first-order chi connectivity index (χ1) is 64.2. The Morgan fingerprint density at radius 1 is 0.575 bits per heavy atom. The van der Waals surface area contributed by atoms with E-state index >= 15 is 28.8 Å². The molecule has 0 radical (unpaired) electrons. The molecule has 3 fully saturated rings. The molecule has 12 atom stereocenters. The summed E-state index contributed by atoms with van der Waals surface area (Å²) in [4.78, 5) is 274. The zero-order valence-corrected chi connectivity index (χ0v) is 74.5. The SMILES string of the molecule is CC(=O)N[C@H]1CCCNC(=O)C[C@@H](C(=O)N2CCC[C@H]2C(=O)N2CCC[C@H]2C(=O)N[C@@H](Cc2c[nH]cn2)C(=O)N[C@@H](CCC(=O)O)C(=O)N[C@@H](CCCCN(CC(=O)O)CC(=O)O)C(=O)N[C@@H](CCCCNC(=O)COCCOCCN)C(N)=O)NC(=O)[C@H](Cc2c[nH]c3ccccc23)NC(=O)[C@H](CCCNC(=N)N)NC(=O)[C@@H](Cc2ccccc2)NC(=O)[C@H](Cc2c[nH]cn2)NC1=O. The molecule has 15 amide bonds. The van der Waals surface area contributed by atoms with E-state index in [1.165, 1.54) is 29.9 Å². The van der Waals surface area contributed by atoms with Crippen molar-refractivity contribution in [2.24, 2.45) is 17.2 Å². The molecular weight excluding hydrogens is 1750 g/mol. The molecule has 730 valence electrons. The largest absolute Gasteiger partial charge is 0.481 e. The predicted molar refractivity (Wildman–Crippen MR) is 476 cm³/mol. The highest BCUT2D eigenvalue weighted by atomic mass is 16.5. The number of nitrogens with zero attached hydrogens (tertiary/aromatic N) is 5. The van der Waals surface area contributed by atoms with E-state index in [2.05, 4.69) is 94.0 Å². The molecule has 26 N–H and O–H groups in total. The lowest BCUT2D eigenvalue weighted by atomic mass is 10.0. The molecule has 3 aromatic heterocycles. The Labute approximate surface area is 770 Å². The first-order valence-corrected chi connectivity index (χ1v) is 44.5. The number of fused-ring (bicyclic) bond motifs is 1. The van der Waals surface area contributed by atoms with Crippen molar-refractivity contribution in [3.8, 4) is 0 Å². The molecule has 0 spiro atoms. The van der Waals surface area contributed by atoms with Gasteiger partial charge in [0.15, 0.2) is 5.96 Å². The highest BCUT2D eigenvalue weighted by molar-refractivity contribution is 6.02. The van der Waals surface area contributed by atoms with Gasteiger partial charge in [0.25, 0.3) is 0 Å². The lowest BCUT2D eigenvalue weighted by Crippen LogP contribution is -2.61. The molecule has 48 nitrogen and oxygen atoms in total. The number of guanidine groups is 1. The van der Waals surface area contributed by atoms with Gasteiger partial charge in [-0.25, -0.2) is 9.97 Å². The highest BCUT2D eigenvalue weighted by Gasteiger charge is 2.46. The summed E-state index contributed by atoms with van der Waals surface area (Å²) in [6, 6.07) is -3.03. The molecule has 48 heteroatoms. The molecule has 134 heavy (non-hydrogen) atoms. The average molecular weight is 1880 g/mol. The third-order valence-corrected chi connectivity index (χ3v) is 22.4. The van der Waals surface area contributed by atoms with Crippen molar-refractivity contribution in [1.29, 1.82) is 5.41 Å². The number of likely N-dealkylation sites (tertiary alicyclic amines) is 2. The van der Waals surface area contributed by atoms with Crippen LogP contribution in [0.2, 0.25) is 0 Å². The van der Waals surface area contributed by atoms with Crippen LogP contribution in [0, 0.1) is 5.41 Å². The van der Waals surface area contributed by atoms with Gasteiger partial charge in [0.1, 0.15) is 79.1 Å². The number of carboxylic acid groups (broad SMARTS) is 3. The third kappa shape index (κ3) is 35.3. The second-order valence-electron chi connectivity index (χ2n) is 32.8. The quantitative estimate of drug-likeness (QED) is 0.00982. The summed E-state index contributed by atoms with van der Waals surface area (Å²) in [7, 11) is 0. The van der Waals surface area contributed by atoms with E-state index in [1.807, 2.05) is 0 Å². The van der Waals surface area contributed by atoms with E-state index in [9.17, 15) is 72.9 Å². The number of aromatic nitrogens is 5. The van der Waals surface area contributed by atoms with Crippen molar-refractivity contribution >= 4 is 123 Å². The fourth-order valence-electron chi connectivity index (χ4n) is 15.8. The Morgan fingerprint density at radius 2 is 1.15 bits per heavy atom. The van der Waals surface area contributed by atoms with Crippen LogP contribution < -0.4 is 86.3 Å². The van der Waals surface area contributed by atoms with Gasteiger partial charge in [-0.05, 0) is 120 Å². The molecule has 6 heterocycles. The maximum absolute atomic E-state index is 15.7. The number of unbranched alkanes of at least 4 members (excludes halogenated alkanes) is 2. The summed E-state index contributed by atoms with van der Waals surface area (Å²) < 4.78 is 10.5. The van der Waals surface area contributed by atoms with Crippen LogP contribution in [-0.2, 0) is 121 Å². The van der Waals surface area contributed by atoms with Gasteiger partial charge in [0, 0.05) is 108 Å². The molecule has 0 unspecified atom stereocenters. The van der Waals surface area contributed by atoms with Crippen molar-refractivity contribution in [2.45, 2.75) is 214 Å². The smallest absolute Gasteiger partial charge is 0.317 e. The number of carboxylic acids is 3. The minimum atomic E-state index is -1.85. The molecule has 3 aliphatic heterocycles. The fourth-order valence-corrected chi connectivity index (χ4v) is 15.8. The van der Waals surface area contributed by atoms with Gasteiger partial charge in [-0.15, -0.1) is 0 Å². The second kappa shape index (κ2) is 54.7. The van der Waals surface area contributed by atoms with Crippen LogP contribution in [0.4, 0.5) is 0 Å². The molecule has 0 aliphatic carbocycles. The van der Waals surface area contributed by atoms with Crippen LogP contribution in [0.1, 0.15) is 139 Å². The van der Waals surface area contributed by atoms with Crippen molar-refractivity contribution in [1.82, 2.24) is 109 Å². The van der Waals surface area contributed by atoms with Crippen molar-refractivity contribution in [3.63, 3.8) is 0 Å². The average Bonchev–Trinajstić information content (AvgIpc) is 1.66. The minimum absolute atomic E-state index is 0.00592. The highest BCUT2D eigenvalue weighted by Crippen LogP contribution is 2.28. The summed E-state index contributed by atoms with van der Waals surface area (Å²) in [5.74, 6) is -18.0. The Kier molecular flexibility index (Phi) is 43.0. The van der Waals surface area contributed by atoms with Gasteiger partial charge in [-0.2, -0.15) is 0 Å². The lowest BCUT2D eigenvalue weighted by molar-refractivity contribution is -0.148. The Balaban J connectivity index is 1.05. The van der Waals surface area contributed by atoms with Crippen molar-refractivity contribution < 1.29 is 111 Å². The van der Waals surface area contributed by atoms with Crippen molar-refractivity contribution in [2.75, 3.05) is 85.3 Å².